The Hall–Kier alpha value is -0.570. The van der Waals surface area contributed by atoms with Gasteiger partial charge in [0.25, 0.3) is 0 Å². The zero-order chi connectivity index (χ0) is 12.3. The van der Waals surface area contributed by atoms with Gasteiger partial charge < -0.3 is 0 Å². The molecule has 88 valence electrons. The number of halogens is 3. The Morgan fingerprint density at radius 2 is 2.06 bits per heavy atom. The van der Waals surface area contributed by atoms with Crippen molar-refractivity contribution in [3.8, 4) is 0 Å². The molecule has 0 amide bonds. The van der Waals surface area contributed by atoms with Crippen LogP contribution >= 0.6 is 39.1 Å². The van der Waals surface area contributed by atoms with E-state index < -0.39 is 0 Å². The Morgan fingerprint density at radius 1 is 1.24 bits per heavy atom. The SMILES string of the molecule is Clc1ccc(C(Cl)Cc2ccccn2)cc1Br. The largest absolute Gasteiger partial charge is 0.261 e. The van der Waals surface area contributed by atoms with E-state index in [9.17, 15) is 0 Å². The molecule has 1 aromatic heterocycles. The van der Waals surface area contributed by atoms with E-state index in [0.29, 0.717) is 11.4 Å². The van der Waals surface area contributed by atoms with Gasteiger partial charge in [0, 0.05) is 22.8 Å². The molecule has 0 aliphatic heterocycles. The van der Waals surface area contributed by atoms with Gasteiger partial charge >= 0.3 is 0 Å². The van der Waals surface area contributed by atoms with Gasteiger partial charge in [-0.05, 0) is 45.8 Å². The molecule has 0 spiro atoms. The molecule has 2 aromatic rings. The van der Waals surface area contributed by atoms with Crippen molar-refractivity contribution in [3.05, 3.63) is 63.3 Å². The van der Waals surface area contributed by atoms with Gasteiger partial charge in [-0.2, -0.15) is 0 Å². The minimum absolute atomic E-state index is 0.0986. The summed E-state index contributed by atoms with van der Waals surface area (Å²) in [5.74, 6) is 0. The van der Waals surface area contributed by atoms with Crippen LogP contribution in [-0.4, -0.2) is 4.98 Å². The molecule has 17 heavy (non-hydrogen) atoms. The average molecular weight is 331 g/mol. The Morgan fingerprint density at radius 3 is 2.71 bits per heavy atom. The second-order valence-electron chi connectivity index (χ2n) is 3.67. The fourth-order valence-corrected chi connectivity index (χ4v) is 2.34. The quantitative estimate of drug-likeness (QED) is 0.720. The van der Waals surface area contributed by atoms with Crippen molar-refractivity contribution >= 4 is 39.1 Å². The molecule has 0 saturated heterocycles. The molecule has 1 atom stereocenters. The van der Waals surface area contributed by atoms with Crippen LogP contribution in [0, 0.1) is 0 Å². The number of pyridine rings is 1. The first-order valence-corrected chi connectivity index (χ1v) is 6.76. The maximum Gasteiger partial charge on any atom is 0.0641 e. The number of benzene rings is 1. The van der Waals surface area contributed by atoms with Crippen LogP contribution < -0.4 is 0 Å². The summed E-state index contributed by atoms with van der Waals surface area (Å²) in [6, 6.07) is 11.6. The lowest BCUT2D eigenvalue weighted by molar-refractivity contribution is 0.880. The molecular weight excluding hydrogens is 321 g/mol. The normalized spacial score (nSPS) is 12.4. The highest BCUT2D eigenvalue weighted by Gasteiger charge is 2.11. The van der Waals surface area contributed by atoms with Crippen LogP contribution in [-0.2, 0) is 6.42 Å². The van der Waals surface area contributed by atoms with Crippen molar-refractivity contribution in [2.24, 2.45) is 0 Å². The van der Waals surface area contributed by atoms with Gasteiger partial charge in [-0.25, -0.2) is 0 Å². The lowest BCUT2D eigenvalue weighted by Crippen LogP contribution is -1.97. The average Bonchev–Trinajstić information content (AvgIpc) is 2.34. The minimum Gasteiger partial charge on any atom is -0.261 e. The summed E-state index contributed by atoms with van der Waals surface area (Å²) in [6.07, 6.45) is 2.48. The van der Waals surface area contributed by atoms with Crippen molar-refractivity contribution in [2.75, 3.05) is 0 Å². The molecule has 0 fully saturated rings. The maximum atomic E-state index is 6.36. The van der Waals surface area contributed by atoms with Gasteiger partial charge in [-0.1, -0.05) is 23.7 Å². The third kappa shape index (κ3) is 3.44. The van der Waals surface area contributed by atoms with Crippen LogP contribution in [0.1, 0.15) is 16.6 Å². The molecule has 1 unspecified atom stereocenters. The van der Waals surface area contributed by atoms with E-state index in [1.807, 2.05) is 36.4 Å². The summed E-state index contributed by atoms with van der Waals surface area (Å²) in [5.41, 5.74) is 2.02. The number of alkyl halides is 1. The zero-order valence-electron chi connectivity index (χ0n) is 8.91. The number of rotatable bonds is 3. The van der Waals surface area contributed by atoms with Crippen LogP contribution in [0.2, 0.25) is 5.02 Å². The molecule has 1 nitrogen and oxygen atoms in total. The fraction of sp³-hybridized carbons (Fsp3) is 0.154. The van der Waals surface area contributed by atoms with Crippen LogP contribution in [0.25, 0.3) is 0 Å². The summed E-state index contributed by atoms with van der Waals surface area (Å²) < 4.78 is 0.864. The molecule has 0 radical (unpaired) electrons. The monoisotopic (exact) mass is 329 g/mol. The summed E-state index contributed by atoms with van der Waals surface area (Å²) >= 11 is 15.7. The van der Waals surface area contributed by atoms with Crippen LogP contribution in [0.3, 0.4) is 0 Å². The summed E-state index contributed by atoms with van der Waals surface area (Å²) in [4.78, 5) is 4.26. The molecule has 0 N–H and O–H groups in total. The number of nitrogens with zero attached hydrogens (tertiary/aromatic N) is 1. The first kappa shape index (κ1) is 12.9. The molecule has 0 aliphatic carbocycles. The van der Waals surface area contributed by atoms with E-state index in [4.69, 9.17) is 23.2 Å². The Bertz CT molecular complexity index is 502. The molecule has 1 aromatic carbocycles. The fourth-order valence-electron chi connectivity index (χ4n) is 1.53. The van der Waals surface area contributed by atoms with Gasteiger partial charge in [0.1, 0.15) is 0 Å². The molecule has 1 heterocycles. The summed E-state index contributed by atoms with van der Waals surface area (Å²) in [6.45, 7) is 0. The van der Waals surface area contributed by atoms with E-state index >= 15 is 0 Å². The number of hydrogen-bond acceptors (Lipinski definition) is 1. The zero-order valence-corrected chi connectivity index (χ0v) is 12.0. The highest BCUT2D eigenvalue weighted by molar-refractivity contribution is 9.10. The minimum atomic E-state index is -0.0986. The summed E-state index contributed by atoms with van der Waals surface area (Å²) in [5, 5.41) is 0.592. The maximum absolute atomic E-state index is 6.36. The second-order valence-corrected chi connectivity index (χ2v) is 5.45. The van der Waals surface area contributed by atoms with Crippen molar-refractivity contribution in [2.45, 2.75) is 11.8 Å². The molecule has 2 rings (SSSR count). The van der Waals surface area contributed by atoms with Crippen LogP contribution in [0.4, 0.5) is 0 Å². The van der Waals surface area contributed by atoms with Crippen LogP contribution in [0.15, 0.2) is 47.1 Å². The van der Waals surface area contributed by atoms with Gasteiger partial charge in [0.15, 0.2) is 0 Å². The molecule has 0 saturated carbocycles. The summed E-state index contributed by atoms with van der Waals surface area (Å²) in [7, 11) is 0. The second kappa shape index (κ2) is 5.85. The van der Waals surface area contributed by atoms with Crippen molar-refractivity contribution in [1.29, 1.82) is 0 Å². The highest BCUT2D eigenvalue weighted by Crippen LogP contribution is 2.30. The van der Waals surface area contributed by atoms with Gasteiger partial charge in [-0.3, -0.25) is 4.98 Å². The topological polar surface area (TPSA) is 12.9 Å². The molecule has 0 aliphatic rings. The van der Waals surface area contributed by atoms with Gasteiger partial charge in [0.05, 0.1) is 10.4 Å². The molecule has 4 heteroatoms. The predicted octanol–water partition coefficient (Wildman–Crippen LogP) is 5.02. The van der Waals surface area contributed by atoms with E-state index in [2.05, 4.69) is 20.9 Å². The van der Waals surface area contributed by atoms with Gasteiger partial charge in [0.2, 0.25) is 0 Å². The first-order chi connectivity index (χ1) is 8.16. The van der Waals surface area contributed by atoms with Crippen molar-refractivity contribution < 1.29 is 0 Å². The van der Waals surface area contributed by atoms with Gasteiger partial charge in [-0.15, -0.1) is 11.6 Å². The Labute approximate surface area is 119 Å². The Balaban J connectivity index is 2.14. The van der Waals surface area contributed by atoms with E-state index in [0.717, 1.165) is 15.7 Å². The lowest BCUT2D eigenvalue weighted by Gasteiger charge is -2.10. The molecular formula is C13H10BrCl2N. The number of aromatic nitrogens is 1. The van der Waals surface area contributed by atoms with Crippen molar-refractivity contribution in [1.82, 2.24) is 4.98 Å². The van der Waals surface area contributed by atoms with Crippen molar-refractivity contribution in [3.63, 3.8) is 0 Å². The van der Waals surface area contributed by atoms with E-state index in [-0.39, 0.29) is 5.38 Å². The standard InChI is InChI=1S/C13H10BrCl2N/c14-11-7-9(4-5-12(11)15)13(16)8-10-3-1-2-6-17-10/h1-7,13H,8H2. The smallest absolute Gasteiger partial charge is 0.0641 e. The van der Waals surface area contributed by atoms with E-state index in [1.54, 1.807) is 6.20 Å². The van der Waals surface area contributed by atoms with E-state index in [1.165, 1.54) is 0 Å². The first-order valence-electron chi connectivity index (χ1n) is 5.16. The number of hydrogen-bond donors (Lipinski definition) is 0. The third-order valence-electron chi connectivity index (χ3n) is 2.42. The predicted molar refractivity (Wildman–Crippen MR) is 75.7 cm³/mol. The lowest BCUT2D eigenvalue weighted by atomic mass is 10.1. The highest BCUT2D eigenvalue weighted by atomic mass is 79.9. The van der Waals surface area contributed by atoms with Crippen LogP contribution in [0.5, 0.6) is 0 Å². The molecule has 0 bridgehead atoms. The Kier molecular flexibility index (Phi) is 4.43. The third-order valence-corrected chi connectivity index (χ3v) is 4.04.